The van der Waals surface area contributed by atoms with Gasteiger partial charge in [0.25, 0.3) is 0 Å². The van der Waals surface area contributed by atoms with Gasteiger partial charge in [-0.2, -0.15) is 0 Å². The van der Waals surface area contributed by atoms with E-state index in [1.165, 1.54) is 24.1 Å². The van der Waals surface area contributed by atoms with Gasteiger partial charge in [0.2, 0.25) is 0 Å². The number of ether oxygens (including phenoxy) is 1. The van der Waals surface area contributed by atoms with Gasteiger partial charge < -0.3 is 15.0 Å². The molecule has 1 aromatic carbocycles. The lowest BCUT2D eigenvalue weighted by molar-refractivity contribution is 0.411. The van der Waals surface area contributed by atoms with Crippen molar-refractivity contribution in [2.45, 2.75) is 32.7 Å². The lowest BCUT2D eigenvalue weighted by atomic mass is 10.1. The molecule has 1 aromatic rings. The smallest absolute Gasteiger partial charge is 0.121 e. The maximum absolute atomic E-state index is 5.32. The fraction of sp³-hybridized carbons (Fsp3) is 0.600. The first-order chi connectivity index (χ1) is 8.74. The Morgan fingerprint density at radius 2 is 2.28 bits per heavy atom. The van der Waals surface area contributed by atoms with E-state index in [4.69, 9.17) is 4.74 Å². The first-order valence-electron chi connectivity index (χ1n) is 6.87. The maximum Gasteiger partial charge on any atom is 0.121 e. The minimum Gasteiger partial charge on any atom is -0.496 e. The molecule has 0 radical (unpaired) electrons. The molecule has 1 aliphatic rings. The summed E-state index contributed by atoms with van der Waals surface area (Å²) in [5, 5.41) is 3.59. The molecule has 0 spiro atoms. The number of methoxy groups -OCH3 is 1. The van der Waals surface area contributed by atoms with Crippen LogP contribution >= 0.6 is 0 Å². The molecule has 1 N–H and O–H groups in total. The third-order valence-electron chi connectivity index (χ3n) is 3.64. The molecule has 0 aromatic heterocycles. The number of piperazine rings is 1. The van der Waals surface area contributed by atoms with Gasteiger partial charge in [0.1, 0.15) is 5.75 Å². The Hall–Kier alpha value is -1.22. The summed E-state index contributed by atoms with van der Waals surface area (Å²) in [6.45, 7) is 7.63. The molecule has 100 valence electrons. The summed E-state index contributed by atoms with van der Waals surface area (Å²) in [6.07, 6.45) is 2.50. The maximum atomic E-state index is 5.32. The van der Waals surface area contributed by atoms with Gasteiger partial charge in [0.15, 0.2) is 0 Å². The molecule has 1 unspecified atom stereocenters. The second kappa shape index (κ2) is 6.10. The molecule has 0 aliphatic carbocycles. The van der Waals surface area contributed by atoms with Gasteiger partial charge in [-0.1, -0.05) is 13.3 Å². The van der Waals surface area contributed by atoms with Crippen molar-refractivity contribution in [3.8, 4) is 5.75 Å². The summed E-state index contributed by atoms with van der Waals surface area (Å²) in [7, 11) is 1.73. The predicted molar refractivity (Wildman–Crippen MR) is 76.6 cm³/mol. The third kappa shape index (κ3) is 2.96. The highest BCUT2D eigenvalue weighted by Crippen LogP contribution is 2.25. The van der Waals surface area contributed by atoms with Crippen molar-refractivity contribution in [3.05, 3.63) is 23.8 Å². The summed E-state index contributed by atoms with van der Waals surface area (Å²) < 4.78 is 5.32. The van der Waals surface area contributed by atoms with E-state index in [1.54, 1.807) is 7.11 Å². The zero-order chi connectivity index (χ0) is 13.0. The highest BCUT2D eigenvalue weighted by molar-refractivity contribution is 5.53. The SMILES string of the molecule is CCCC1CN(c2ccc(OC)c(C)c2)CCN1. The van der Waals surface area contributed by atoms with Crippen LogP contribution in [0.1, 0.15) is 25.3 Å². The number of nitrogens with one attached hydrogen (secondary N) is 1. The molecule has 0 amide bonds. The van der Waals surface area contributed by atoms with Crippen LogP contribution in [0.4, 0.5) is 5.69 Å². The van der Waals surface area contributed by atoms with Crippen LogP contribution in [-0.4, -0.2) is 32.8 Å². The van der Waals surface area contributed by atoms with Crippen LogP contribution in [0.15, 0.2) is 18.2 Å². The van der Waals surface area contributed by atoms with E-state index in [-0.39, 0.29) is 0 Å². The molecule has 2 rings (SSSR count). The fourth-order valence-corrected chi connectivity index (χ4v) is 2.66. The van der Waals surface area contributed by atoms with Gasteiger partial charge >= 0.3 is 0 Å². The second-order valence-corrected chi connectivity index (χ2v) is 5.04. The number of hydrogen-bond acceptors (Lipinski definition) is 3. The van der Waals surface area contributed by atoms with Crippen LogP contribution in [0.3, 0.4) is 0 Å². The molecule has 3 heteroatoms. The number of anilines is 1. The summed E-state index contributed by atoms with van der Waals surface area (Å²) in [6, 6.07) is 7.10. The van der Waals surface area contributed by atoms with E-state index in [0.717, 1.165) is 25.4 Å². The Kier molecular flexibility index (Phi) is 4.48. The van der Waals surface area contributed by atoms with Crippen LogP contribution in [0, 0.1) is 6.92 Å². The van der Waals surface area contributed by atoms with Crippen molar-refractivity contribution in [2.24, 2.45) is 0 Å². The molecule has 18 heavy (non-hydrogen) atoms. The van der Waals surface area contributed by atoms with E-state index >= 15 is 0 Å². The van der Waals surface area contributed by atoms with Crippen LogP contribution in [0.25, 0.3) is 0 Å². The normalized spacial score (nSPS) is 19.9. The van der Waals surface area contributed by atoms with E-state index in [9.17, 15) is 0 Å². The molecule has 1 heterocycles. The Morgan fingerprint density at radius 1 is 1.44 bits per heavy atom. The molecule has 3 nitrogen and oxygen atoms in total. The summed E-state index contributed by atoms with van der Waals surface area (Å²) in [5.41, 5.74) is 2.52. The highest BCUT2D eigenvalue weighted by Gasteiger charge is 2.19. The van der Waals surface area contributed by atoms with Crippen LogP contribution in [0.2, 0.25) is 0 Å². The van der Waals surface area contributed by atoms with Gasteiger partial charge in [0.05, 0.1) is 7.11 Å². The van der Waals surface area contributed by atoms with E-state index < -0.39 is 0 Å². The quantitative estimate of drug-likeness (QED) is 0.886. The molecule has 0 bridgehead atoms. The fourth-order valence-electron chi connectivity index (χ4n) is 2.66. The van der Waals surface area contributed by atoms with E-state index in [2.05, 4.69) is 42.3 Å². The van der Waals surface area contributed by atoms with E-state index in [0.29, 0.717) is 6.04 Å². The average molecular weight is 248 g/mol. The number of rotatable bonds is 4. The van der Waals surface area contributed by atoms with Crippen molar-refractivity contribution in [2.75, 3.05) is 31.6 Å². The van der Waals surface area contributed by atoms with Crippen LogP contribution in [0.5, 0.6) is 5.75 Å². The molecule has 1 saturated heterocycles. The molecule has 1 aliphatic heterocycles. The Balaban J connectivity index is 2.08. The van der Waals surface area contributed by atoms with Crippen LogP contribution < -0.4 is 15.0 Å². The predicted octanol–water partition coefficient (Wildman–Crippen LogP) is 2.58. The second-order valence-electron chi connectivity index (χ2n) is 5.04. The lowest BCUT2D eigenvalue weighted by Crippen LogP contribution is -2.50. The minimum atomic E-state index is 0.631. The Labute approximate surface area is 110 Å². The van der Waals surface area contributed by atoms with E-state index in [1.807, 2.05) is 0 Å². The van der Waals surface area contributed by atoms with Crippen molar-refractivity contribution >= 4 is 5.69 Å². The minimum absolute atomic E-state index is 0.631. The summed E-state index contributed by atoms with van der Waals surface area (Å²) in [4.78, 5) is 2.48. The zero-order valence-electron chi connectivity index (χ0n) is 11.7. The van der Waals surface area contributed by atoms with Gasteiger partial charge in [-0.25, -0.2) is 0 Å². The number of benzene rings is 1. The molecule has 1 fully saturated rings. The van der Waals surface area contributed by atoms with Crippen molar-refractivity contribution < 1.29 is 4.74 Å². The molecular formula is C15H24N2O. The van der Waals surface area contributed by atoms with Crippen LogP contribution in [-0.2, 0) is 0 Å². The van der Waals surface area contributed by atoms with Crippen molar-refractivity contribution in [3.63, 3.8) is 0 Å². The molecule has 0 saturated carbocycles. The average Bonchev–Trinajstić information content (AvgIpc) is 2.39. The highest BCUT2D eigenvalue weighted by atomic mass is 16.5. The zero-order valence-corrected chi connectivity index (χ0v) is 11.7. The summed E-state index contributed by atoms with van der Waals surface area (Å²) >= 11 is 0. The van der Waals surface area contributed by atoms with Gasteiger partial charge in [0, 0.05) is 31.4 Å². The number of hydrogen-bond donors (Lipinski definition) is 1. The largest absolute Gasteiger partial charge is 0.496 e. The first kappa shape index (κ1) is 13.2. The standard InChI is InChI=1S/C15H24N2O/c1-4-5-13-11-17(9-8-16-13)14-6-7-15(18-3)12(2)10-14/h6-7,10,13,16H,4-5,8-9,11H2,1-3H3. The van der Waals surface area contributed by atoms with Crippen molar-refractivity contribution in [1.82, 2.24) is 5.32 Å². The lowest BCUT2D eigenvalue weighted by Gasteiger charge is -2.35. The number of nitrogens with zero attached hydrogens (tertiary/aromatic N) is 1. The van der Waals surface area contributed by atoms with Gasteiger partial charge in [-0.3, -0.25) is 0 Å². The topological polar surface area (TPSA) is 24.5 Å². The Bertz CT molecular complexity index is 390. The third-order valence-corrected chi connectivity index (χ3v) is 3.64. The molecular weight excluding hydrogens is 224 g/mol. The summed E-state index contributed by atoms with van der Waals surface area (Å²) in [5.74, 6) is 0.971. The van der Waals surface area contributed by atoms with Gasteiger partial charge in [-0.15, -0.1) is 0 Å². The van der Waals surface area contributed by atoms with Crippen molar-refractivity contribution in [1.29, 1.82) is 0 Å². The number of aryl methyl sites for hydroxylation is 1. The first-order valence-corrected chi connectivity index (χ1v) is 6.87. The molecule has 1 atom stereocenters. The van der Waals surface area contributed by atoms with Gasteiger partial charge in [-0.05, 0) is 37.1 Å². The monoisotopic (exact) mass is 248 g/mol. The Morgan fingerprint density at radius 3 is 2.94 bits per heavy atom.